The second-order valence-electron chi connectivity index (χ2n) is 6.02. The molecule has 0 N–H and O–H groups in total. The van der Waals surface area contributed by atoms with Crippen LogP contribution in [0.25, 0.3) is 5.57 Å². The fraction of sp³-hybridized carbons (Fsp3) is 0.227. The zero-order valence-corrected chi connectivity index (χ0v) is 15.1. The topological polar surface area (TPSA) is 20.3 Å². The summed E-state index contributed by atoms with van der Waals surface area (Å²) in [6, 6.07) is 12.6. The molecule has 1 amide bonds. The Morgan fingerprint density at radius 3 is 2.46 bits per heavy atom. The smallest absolute Gasteiger partial charge is 0.220 e. The molecule has 26 heavy (non-hydrogen) atoms. The van der Waals surface area contributed by atoms with Crippen LogP contribution < -0.4 is 0 Å². The molecule has 0 fully saturated rings. The maximum absolute atomic E-state index is 14.0. The lowest BCUT2D eigenvalue weighted by Crippen LogP contribution is -2.29. The van der Waals surface area contributed by atoms with Gasteiger partial charge in [0.25, 0.3) is 0 Å². The Hall–Kier alpha value is -2.75. The number of carbonyl (C=O) groups excluding carboxylic acids is 1. The number of rotatable bonds is 3. The molecule has 3 rings (SSSR count). The molecular formula is C22H23F2NO. The van der Waals surface area contributed by atoms with Gasteiger partial charge in [0.15, 0.2) is 0 Å². The summed E-state index contributed by atoms with van der Waals surface area (Å²) in [6.07, 6.45) is 4.79. The molecule has 0 saturated carbocycles. The highest BCUT2D eigenvalue weighted by Crippen LogP contribution is 2.35. The summed E-state index contributed by atoms with van der Waals surface area (Å²) >= 11 is 0. The van der Waals surface area contributed by atoms with Crippen LogP contribution in [0.2, 0.25) is 0 Å². The molecule has 1 heterocycles. The first-order chi connectivity index (χ1) is 12.5. The molecule has 0 aromatic heterocycles. The van der Waals surface area contributed by atoms with Crippen LogP contribution in [0.15, 0.2) is 67.3 Å². The highest BCUT2D eigenvalue weighted by molar-refractivity contribution is 5.81. The highest BCUT2D eigenvalue weighted by atomic mass is 19.1. The van der Waals surface area contributed by atoms with Crippen molar-refractivity contribution < 1.29 is 13.6 Å². The number of halogens is 2. The summed E-state index contributed by atoms with van der Waals surface area (Å²) in [7, 11) is 0. The average molecular weight is 355 g/mol. The first kappa shape index (κ1) is 19.6. The van der Waals surface area contributed by atoms with Crippen molar-refractivity contribution in [2.24, 2.45) is 0 Å². The second kappa shape index (κ2) is 9.09. The van der Waals surface area contributed by atoms with E-state index in [1.54, 1.807) is 4.90 Å². The Balaban J connectivity index is 0.000000552. The molecule has 0 aliphatic carbocycles. The third-order valence-corrected chi connectivity index (χ3v) is 4.14. The third-order valence-electron chi connectivity index (χ3n) is 4.14. The first-order valence-corrected chi connectivity index (χ1v) is 8.57. The molecule has 1 atom stereocenters. The summed E-state index contributed by atoms with van der Waals surface area (Å²) in [5.74, 6) is -1.07. The fourth-order valence-electron chi connectivity index (χ4n) is 2.77. The number of carbonyl (C=O) groups is 1. The van der Waals surface area contributed by atoms with Crippen LogP contribution in [0.5, 0.6) is 0 Å². The minimum absolute atomic E-state index is 0.100. The molecule has 0 saturated heterocycles. The zero-order chi connectivity index (χ0) is 19.1. The van der Waals surface area contributed by atoms with Crippen molar-refractivity contribution in [1.29, 1.82) is 0 Å². The third kappa shape index (κ3) is 4.66. The van der Waals surface area contributed by atoms with E-state index in [-0.39, 0.29) is 24.1 Å². The summed E-state index contributed by atoms with van der Waals surface area (Å²) in [6.45, 7) is 7.30. The Morgan fingerprint density at radius 2 is 1.88 bits per heavy atom. The SMILES string of the molecule is C=CCC.CC(=O)N1CC(c2cc(F)ccc2F)=CC1c1ccccc1. The van der Waals surface area contributed by atoms with Gasteiger partial charge in [-0.2, -0.15) is 0 Å². The zero-order valence-electron chi connectivity index (χ0n) is 15.1. The molecule has 2 nitrogen and oxygen atoms in total. The van der Waals surface area contributed by atoms with Gasteiger partial charge in [0.2, 0.25) is 5.91 Å². The van der Waals surface area contributed by atoms with Gasteiger partial charge < -0.3 is 4.90 Å². The van der Waals surface area contributed by atoms with Crippen LogP contribution in [0, 0.1) is 11.6 Å². The molecule has 1 unspecified atom stereocenters. The molecular weight excluding hydrogens is 332 g/mol. The molecule has 1 aliphatic heterocycles. The number of benzene rings is 2. The maximum atomic E-state index is 14.0. The summed E-state index contributed by atoms with van der Waals surface area (Å²) < 4.78 is 27.4. The predicted molar refractivity (Wildman–Crippen MR) is 101 cm³/mol. The van der Waals surface area contributed by atoms with E-state index in [2.05, 4.69) is 13.5 Å². The Labute approximate surface area is 153 Å². The lowest BCUT2D eigenvalue weighted by Gasteiger charge is -2.23. The van der Waals surface area contributed by atoms with Gasteiger partial charge in [-0.1, -0.05) is 49.4 Å². The van der Waals surface area contributed by atoms with Gasteiger partial charge in [0, 0.05) is 19.0 Å². The van der Waals surface area contributed by atoms with Crippen molar-refractivity contribution in [3.8, 4) is 0 Å². The van der Waals surface area contributed by atoms with Crippen molar-refractivity contribution in [2.45, 2.75) is 26.3 Å². The van der Waals surface area contributed by atoms with E-state index in [1.807, 2.05) is 42.5 Å². The van der Waals surface area contributed by atoms with E-state index in [1.165, 1.54) is 13.0 Å². The van der Waals surface area contributed by atoms with E-state index >= 15 is 0 Å². The first-order valence-electron chi connectivity index (χ1n) is 8.57. The number of amides is 1. The molecule has 4 heteroatoms. The summed E-state index contributed by atoms with van der Waals surface area (Å²) in [5.41, 5.74) is 1.79. The van der Waals surface area contributed by atoms with E-state index < -0.39 is 11.6 Å². The van der Waals surface area contributed by atoms with E-state index in [4.69, 9.17) is 0 Å². The number of nitrogens with zero attached hydrogens (tertiary/aromatic N) is 1. The summed E-state index contributed by atoms with van der Waals surface area (Å²) in [5, 5.41) is 0. The summed E-state index contributed by atoms with van der Waals surface area (Å²) in [4.78, 5) is 13.5. The standard InChI is InChI=1S/C18H15F2NO.C4H8/c1-12(22)21-11-14(16-10-15(19)7-8-17(16)20)9-18(21)13-5-3-2-4-6-13;1-3-4-2/h2-10,18H,11H2,1H3;3H,1,4H2,2H3. The minimum Gasteiger partial charge on any atom is -0.328 e. The molecule has 0 spiro atoms. The lowest BCUT2D eigenvalue weighted by molar-refractivity contribution is -0.129. The molecule has 136 valence electrons. The van der Waals surface area contributed by atoms with Crippen molar-refractivity contribution >= 4 is 11.5 Å². The normalized spacial score (nSPS) is 15.8. The fourth-order valence-corrected chi connectivity index (χ4v) is 2.77. The number of hydrogen-bond donors (Lipinski definition) is 0. The number of allylic oxidation sites excluding steroid dienone is 1. The lowest BCUT2D eigenvalue weighted by atomic mass is 10.0. The Bertz CT molecular complexity index is 799. The number of hydrogen-bond acceptors (Lipinski definition) is 1. The quantitative estimate of drug-likeness (QED) is 0.663. The minimum atomic E-state index is -0.491. The van der Waals surface area contributed by atoms with Crippen molar-refractivity contribution in [1.82, 2.24) is 4.90 Å². The van der Waals surface area contributed by atoms with Gasteiger partial charge >= 0.3 is 0 Å². The van der Waals surface area contributed by atoms with Gasteiger partial charge in [-0.3, -0.25) is 4.79 Å². The largest absolute Gasteiger partial charge is 0.328 e. The maximum Gasteiger partial charge on any atom is 0.220 e. The van der Waals surface area contributed by atoms with Crippen LogP contribution >= 0.6 is 0 Å². The highest BCUT2D eigenvalue weighted by Gasteiger charge is 2.29. The Morgan fingerprint density at radius 1 is 1.23 bits per heavy atom. The van der Waals surface area contributed by atoms with Gasteiger partial charge in [0.05, 0.1) is 6.04 Å². The van der Waals surface area contributed by atoms with Gasteiger partial charge in [-0.25, -0.2) is 8.78 Å². The average Bonchev–Trinajstić information content (AvgIpc) is 3.10. The van der Waals surface area contributed by atoms with Crippen LogP contribution in [-0.4, -0.2) is 17.4 Å². The van der Waals surface area contributed by atoms with Crippen LogP contribution in [0.3, 0.4) is 0 Å². The van der Waals surface area contributed by atoms with Gasteiger partial charge in [-0.05, 0) is 35.8 Å². The van der Waals surface area contributed by atoms with E-state index in [9.17, 15) is 13.6 Å². The van der Waals surface area contributed by atoms with E-state index in [0.29, 0.717) is 5.57 Å². The van der Waals surface area contributed by atoms with Crippen molar-refractivity contribution in [3.05, 3.63) is 90.0 Å². The molecule has 0 bridgehead atoms. The molecule has 2 aromatic rings. The second-order valence-corrected chi connectivity index (χ2v) is 6.02. The Kier molecular flexibility index (Phi) is 6.84. The van der Waals surface area contributed by atoms with Crippen LogP contribution in [0.1, 0.15) is 37.4 Å². The molecule has 0 radical (unpaired) electrons. The molecule has 2 aromatic carbocycles. The van der Waals surface area contributed by atoms with E-state index in [0.717, 1.165) is 24.1 Å². The molecule has 1 aliphatic rings. The predicted octanol–water partition coefficient (Wildman–Crippen LogP) is 5.53. The van der Waals surface area contributed by atoms with Crippen molar-refractivity contribution in [2.75, 3.05) is 6.54 Å². The van der Waals surface area contributed by atoms with Gasteiger partial charge in [0.1, 0.15) is 11.6 Å². The van der Waals surface area contributed by atoms with Crippen molar-refractivity contribution in [3.63, 3.8) is 0 Å². The van der Waals surface area contributed by atoms with Gasteiger partial charge in [-0.15, -0.1) is 6.58 Å². The van der Waals surface area contributed by atoms with Crippen LogP contribution in [-0.2, 0) is 4.79 Å². The monoisotopic (exact) mass is 355 g/mol. The van der Waals surface area contributed by atoms with Crippen LogP contribution in [0.4, 0.5) is 8.78 Å².